The second kappa shape index (κ2) is 5.86. The summed E-state index contributed by atoms with van der Waals surface area (Å²) >= 11 is 0. The van der Waals surface area contributed by atoms with Crippen LogP contribution in [0.15, 0.2) is 36.7 Å². The molecule has 26 heavy (non-hydrogen) atoms. The zero-order chi connectivity index (χ0) is 17.7. The first-order chi connectivity index (χ1) is 12.7. The van der Waals surface area contributed by atoms with Crippen molar-refractivity contribution in [3.05, 3.63) is 48.2 Å². The predicted octanol–water partition coefficient (Wildman–Crippen LogP) is 2.76. The van der Waals surface area contributed by atoms with Gasteiger partial charge in [0.25, 0.3) is 0 Å². The van der Waals surface area contributed by atoms with Crippen LogP contribution >= 0.6 is 0 Å². The zero-order valence-corrected chi connectivity index (χ0v) is 14.5. The van der Waals surface area contributed by atoms with Gasteiger partial charge in [-0.25, -0.2) is 14.4 Å². The highest BCUT2D eigenvalue weighted by Crippen LogP contribution is 2.39. The third-order valence-corrected chi connectivity index (χ3v) is 5.31. The number of rotatable bonds is 4. The molecule has 132 valence electrons. The molecule has 5 rings (SSSR count). The maximum absolute atomic E-state index is 13.7. The lowest BCUT2D eigenvalue weighted by molar-refractivity contribution is 0.488. The van der Waals surface area contributed by atoms with Gasteiger partial charge in [0.1, 0.15) is 18.0 Å². The van der Waals surface area contributed by atoms with Crippen LogP contribution < -0.4 is 9.80 Å². The summed E-state index contributed by atoms with van der Waals surface area (Å²) in [6.45, 7) is 1.68. The molecule has 1 aliphatic heterocycles. The van der Waals surface area contributed by atoms with E-state index in [-0.39, 0.29) is 5.82 Å². The predicted molar refractivity (Wildman–Crippen MR) is 97.9 cm³/mol. The fraction of sp³-hybridized carbons (Fsp3) is 0.368. The number of hydrogen-bond donors (Lipinski definition) is 0. The number of nitrogens with zero attached hydrogens (tertiary/aromatic N) is 6. The van der Waals surface area contributed by atoms with E-state index in [1.807, 2.05) is 7.05 Å². The molecule has 1 aromatic carbocycles. The molecule has 0 bridgehead atoms. The summed E-state index contributed by atoms with van der Waals surface area (Å²) < 4.78 is 13.7. The van der Waals surface area contributed by atoms with Crippen LogP contribution in [0.4, 0.5) is 16.0 Å². The van der Waals surface area contributed by atoms with Crippen LogP contribution in [0, 0.1) is 5.82 Å². The SMILES string of the molecule is CN(c1ncnc2ccc(F)cc12)C1CN(c2ccc(C3CC3)nn2)C1. The van der Waals surface area contributed by atoms with Crippen molar-refractivity contribution in [2.24, 2.45) is 0 Å². The Morgan fingerprint density at radius 1 is 1.08 bits per heavy atom. The average Bonchev–Trinajstić information content (AvgIpc) is 3.45. The van der Waals surface area contributed by atoms with Crippen LogP contribution in [0.2, 0.25) is 0 Å². The molecule has 6 nitrogen and oxygen atoms in total. The average molecular weight is 350 g/mol. The van der Waals surface area contributed by atoms with E-state index < -0.39 is 0 Å². The minimum atomic E-state index is -0.275. The molecule has 0 spiro atoms. The van der Waals surface area contributed by atoms with E-state index in [2.05, 4.69) is 42.1 Å². The van der Waals surface area contributed by atoms with Crippen LogP contribution in [0.5, 0.6) is 0 Å². The van der Waals surface area contributed by atoms with Crippen LogP contribution in [0.3, 0.4) is 0 Å². The highest BCUT2D eigenvalue weighted by Gasteiger charge is 2.33. The minimum absolute atomic E-state index is 0.275. The molecule has 2 aromatic heterocycles. The number of benzene rings is 1. The van der Waals surface area contributed by atoms with E-state index in [1.54, 1.807) is 6.07 Å². The lowest BCUT2D eigenvalue weighted by Crippen LogP contribution is -2.59. The van der Waals surface area contributed by atoms with Crippen LogP contribution in [-0.2, 0) is 0 Å². The van der Waals surface area contributed by atoms with E-state index in [1.165, 1.54) is 31.3 Å². The summed E-state index contributed by atoms with van der Waals surface area (Å²) in [6, 6.07) is 9.06. The van der Waals surface area contributed by atoms with Gasteiger partial charge < -0.3 is 9.80 Å². The summed E-state index contributed by atoms with van der Waals surface area (Å²) in [4.78, 5) is 12.9. The normalized spacial score (nSPS) is 17.4. The lowest BCUT2D eigenvalue weighted by Gasteiger charge is -2.45. The van der Waals surface area contributed by atoms with Gasteiger partial charge in [-0.05, 0) is 43.2 Å². The highest BCUT2D eigenvalue weighted by molar-refractivity contribution is 5.89. The first-order valence-corrected chi connectivity index (χ1v) is 8.91. The smallest absolute Gasteiger partial charge is 0.151 e. The molecule has 0 N–H and O–H groups in total. The van der Waals surface area contributed by atoms with Crippen molar-refractivity contribution in [2.45, 2.75) is 24.8 Å². The second-order valence-corrected chi connectivity index (χ2v) is 7.12. The van der Waals surface area contributed by atoms with Crippen LogP contribution in [-0.4, -0.2) is 46.3 Å². The van der Waals surface area contributed by atoms with Gasteiger partial charge in [-0.15, -0.1) is 5.10 Å². The summed E-state index contributed by atoms with van der Waals surface area (Å²) in [7, 11) is 2.00. The number of halogens is 1. The molecule has 0 radical (unpaired) electrons. The maximum Gasteiger partial charge on any atom is 0.151 e. The van der Waals surface area contributed by atoms with Gasteiger partial charge in [0.2, 0.25) is 0 Å². The number of anilines is 2. The third kappa shape index (κ3) is 2.64. The van der Waals surface area contributed by atoms with E-state index >= 15 is 0 Å². The largest absolute Gasteiger partial charge is 0.353 e. The lowest BCUT2D eigenvalue weighted by atomic mass is 10.1. The van der Waals surface area contributed by atoms with Crippen LogP contribution in [0.25, 0.3) is 10.9 Å². The molecule has 3 heterocycles. The number of hydrogen-bond acceptors (Lipinski definition) is 6. The first-order valence-electron chi connectivity index (χ1n) is 8.91. The molecule has 1 saturated heterocycles. The van der Waals surface area contributed by atoms with Crippen molar-refractivity contribution >= 4 is 22.5 Å². The van der Waals surface area contributed by atoms with Crippen molar-refractivity contribution in [2.75, 3.05) is 29.9 Å². The van der Waals surface area contributed by atoms with Gasteiger partial charge in [0.05, 0.1) is 17.3 Å². The molecule has 2 aliphatic rings. The summed E-state index contributed by atoms with van der Waals surface area (Å²) in [5.41, 5.74) is 1.86. The van der Waals surface area contributed by atoms with Gasteiger partial charge >= 0.3 is 0 Å². The molecule has 3 aromatic rings. The first kappa shape index (κ1) is 15.4. The quantitative estimate of drug-likeness (QED) is 0.721. The molecular formula is C19H19FN6. The Kier molecular flexibility index (Phi) is 3.48. The molecule has 0 unspecified atom stereocenters. The third-order valence-electron chi connectivity index (χ3n) is 5.31. The van der Waals surface area contributed by atoms with Crippen molar-refractivity contribution in [1.29, 1.82) is 0 Å². The molecule has 0 amide bonds. The Labute approximate surface area is 150 Å². The summed E-state index contributed by atoms with van der Waals surface area (Å²) in [6.07, 6.45) is 4.00. The molecule has 0 atom stereocenters. The highest BCUT2D eigenvalue weighted by atomic mass is 19.1. The maximum atomic E-state index is 13.7. The van der Waals surface area contributed by atoms with Crippen LogP contribution in [0.1, 0.15) is 24.5 Å². The monoisotopic (exact) mass is 350 g/mol. The molecule has 1 saturated carbocycles. The number of likely N-dealkylation sites (N-methyl/N-ethyl adjacent to an activating group) is 1. The fourth-order valence-electron chi connectivity index (χ4n) is 3.46. The molecule has 7 heteroatoms. The van der Waals surface area contributed by atoms with Gasteiger partial charge in [0.15, 0.2) is 5.82 Å². The van der Waals surface area contributed by atoms with Gasteiger partial charge in [0, 0.05) is 31.4 Å². The summed E-state index contributed by atoms with van der Waals surface area (Å²) in [5.74, 6) is 2.02. The van der Waals surface area contributed by atoms with E-state index in [0.29, 0.717) is 12.0 Å². The van der Waals surface area contributed by atoms with Crippen molar-refractivity contribution < 1.29 is 4.39 Å². The standard InChI is InChI=1S/C19H19FN6/c1-25(19-15-8-13(20)4-5-17(15)21-11-22-19)14-9-26(10-14)18-7-6-16(23-24-18)12-2-3-12/h4-8,11-12,14H,2-3,9-10H2,1H3. The van der Waals surface area contributed by atoms with Gasteiger partial charge in [-0.3, -0.25) is 0 Å². The number of aromatic nitrogens is 4. The summed E-state index contributed by atoms with van der Waals surface area (Å²) in [5, 5.41) is 9.46. The minimum Gasteiger partial charge on any atom is -0.353 e. The van der Waals surface area contributed by atoms with Crippen molar-refractivity contribution in [1.82, 2.24) is 20.2 Å². The molecular weight excluding hydrogens is 331 g/mol. The Morgan fingerprint density at radius 2 is 1.92 bits per heavy atom. The van der Waals surface area contributed by atoms with Crippen molar-refractivity contribution in [3.63, 3.8) is 0 Å². The van der Waals surface area contributed by atoms with Crippen molar-refractivity contribution in [3.8, 4) is 0 Å². The van der Waals surface area contributed by atoms with Gasteiger partial charge in [-0.1, -0.05) is 0 Å². The second-order valence-electron chi connectivity index (χ2n) is 7.12. The molecule has 1 aliphatic carbocycles. The topological polar surface area (TPSA) is 58.0 Å². The Bertz CT molecular complexity index is 950. The van der Waals surface area contributed by atoms with E-state index in [9.17, 15) is 4.39 Å². The van der Waals surface area contributed by atoms with Gasteiger partial charge in [-0.2, -0.15) is 5.10 Å². The Morgan fingerprint density at radius 3 is 2.65 bits per heavy atom. The molecule has 2 fully saturated rings. The zero-order valence-electron chi connectivity index (χ0n) is 14.5. The number of fused-ring (bicyclic) bond motifs is 1. The van der Waals surface area contributed by atoms with E-state index in [4.69, 9.17) is 0 Å². The fourth-order valence-corrected chi connectivity index (χ4v) is 3.46. The van der Waals surface area contributed by atoms with E-state index in [0.717, 1.165) is 41.3 Å². The Hall–Kier alpha value is -2.83. The Balaban J connectivity index is 1.32.